The SMILES string of the molecule is C=C1C(=O)OC2C=C(C)CCC=C(CO)C(O)C(OC(=O)C(C)=CC)C12. The second kappa shape index (κ2) is 8.47. The van der Waals surface area contributed by atoms with Crippen molar-refractivity contribution in [3.8, 4) is 0 Å². The number of fused-ring (bicyclic) bond motifs is 1. The van der Waals surface area contributed by atoms with Crippen LogP contribution in [0.25, 0.3) is 0 Å². The zero-order valence-electron chi connectivity index (χ0n) is 15.4. The van der Waals surface area contributed by atoms with E-state index < -0.39 is 36.2 Å². The van der Waals surface area contributed by atoms with E-state index in [2.05, 4.69) is 6.58 Å². The van der Waals surface area contributed by atoms with Crippen molar-refractivity contribution in [1.29, 1.82) is 0 Å². The van der Waals surface area contributed by atoms with Crippen LogP contribution in [0.4, 0.5) is 0 Å². The molecule has 1 aliphatic carbocycles. The Morgan fingerprint density at radius 1 is 1.50 bits per heavy atom. The molecule has 0 amide bonds. The molecule has 0 saturated carbocycles. The van der Waals surface area contributed by atoms with Crippen molar-refractivity contribution in [1.82, 2.24) is 0 Å². The van der Waals surface area contributed by atoms with Crippen LogP contribution >= 0.6 is 0 Å². The predicted molar refractivity (Wildman–Crippen MR) is 96.0 cm³/mol. The van der Waals surface area contributed by atoms with Crippen molar-refractivity contribution in [3.63, 3.8) is 0 Å². The molecule has 1 saturated heterocycles. The summed E-state index contributed by atoms with van der Waals surface area (Å²) in [6.07, 6.45) is 3.43. The van der Waals surface area contributed by atoms with Crippen LogP contribution in [0.2, 0.25) is 0 Å². The summed E-state index contributed by atoms with van der Waals surface area (Å²) in [5.74, 6) is -1.90. The van der Waals surface area contributed by atoms with Gasteiger partial charge in [0.05, 0.1) is 12.5 Å². The number of carbonyl (C=O) groups excluding carboxylic acids is 2. The van der Waals surface area contributed by atoms with E-state index in [1.807, 2.05) is 13.0 Å². The Bertz CT molecular complexity index is 684. The molecule has 1 fully saturated rings. The lowest BCUT2D eigenvalue weighted by molar-refractivity contribution is -0.153. The van der Waals surface area contributed by atoms with Crippen molar-refractivity contribution in [3.05, 3.63) is 47.1 Å². The minimum atomic E-state index is -1.26. The van der Waals surface area contributed by atoms with Crippen molar-refractivity contribution in [2.75, 3.05) is 6.61 Å². The fraction of sp³-hybridized carbons (Fsp3) is 0.500. The standard InChI is InChI=1S/C20H26O6/c1-5-12(3)19(23)26-18-16-13(4)20(24)25-15(16)9-11(2)7-6-8-14(10-21)17(18)22/h5,8-9,15-18,21-22H,4,6-7,10H2,1-3H3. The molecular weight excluding hydrogens is 336 g/mol. The maximum Gasteiger partial charge on any atom is 0.334 e. The zero-order valence-corrected chi connectivity index (χ0v) is 15.4. The molecule has 1 heterocycles. The lowest BCUT2D eigenvalue weighted by atomic mass is 9.83. The number of ether oxygens (including phenoxy) is 2. The summed E-state index contributed by atoms with van der Waals surface area (Å²) in [6, 6.07) is 0. The number of aliphatic hydroxyl groups is 2. The number of carbonyl (C=O) groups is 2. The second-order valence-corrected chi connectivity index (χ2v) is 6.70. The number of aliphatic hydroxyl groups excluding tert-OH is 2. The first-order chi connectivity index (χ1) is 12.3. The predicted octanol–water partition coefficient (Wildman–Crippen LogP) is 1.98. The van der Waals surface area contributed by atoms with Gasteiger partial charge in [-0.05, 0) is 45.3 Å². The summed E-state index contributed by atoms with van der Waals surface area (Å²) in [4.78, 5) is 24.4. The summed E-state index contributed by atoms with van der Waals surface area (Å²) >= 11 is 0. The van der Waals surface area contributed by atoms with Crippen LogP contribution in [0.5, 0.6) is 0 Å². The van der Waals surface area contributed by atoms with Gasteiger partial charge in [0.1, 0.15) is 18.3 Å². The number of hydrogen-bond acceptors (Lipinski definition) is 6. The van der Waals surface area contributed by atoms with Crippen LogP contribution in [0.3, 0.4) is 0 Å². The van der Waals surface area contributed by atoms with Gasteiger partial charge in [0.15, 0.2) is 0 Å². The molecule has 4 unspecified atom stereocenters. The molecule has 0 aromatic heterocycles. The highest BCUT2D eigenvalue weighted by Gasteiger charge is 2.47. The minimum absolute atomic E-state index is 0.145. The minimum Gasteiger partial charge on any atom is -0.455 e. The van der Waals surface area contributed by atoms with Crippen LogP contribution in [0, 0.1) is 5.92 Å². The molecule has 6 heteroatoms. The topological polar surface area (TPSA) is 93.1 Å². The molecular formula is C20H26O6. The lowest BCUT2D eigenvalue weighted by Crippen LogP contribution is -2.43. The number of hydrogen-bond donors (Lipinski definition) is 2. The van der Waals surface area contributed by atoms with E-state index in [-0.39, 0.29) is 12.2 Å². The Labute approximate surface area is 153 Å². The van der Waals surface area contributed by atoms with E-state index in [1.54, 1.807) is 26.0 Å². The van der Waals surface area contributed by atoms with E-state index >= 15 is 0 Å². The van der Waals surface area contributed by atoms with E-state index in [1.165, 1.54) is 0 Å². The maximum atomic E-state index is 12.3. The van der Waals surface area contributed by atoms with Gasteiger partial charge in [0, 0.05) is 11.1 Å². The normalized spacial score (nSPS) is 30.1. The van der Waals surface area contributed by atoms with Crippen molar-refractivity contribution >= 4 is 11.9 Å². The third kappa shape index (κ3) is 4.14. The molecule has 0 aromatic rings. The van der Waals surface area contributed by atoms with E-state index in [0.29, 0.717) is 24.0 Å². The smallest absolute Gasteiger partial charge is 0.334 e. The first kappa shape index (κ1) is 20.1. The van der Waals surface area contributed by atoms with Gasteiger partial charge in [-0.2, -0.15) is 0 Å². The summed E-state index contributed by atoms with van der Waals surface area (Å²) in [5, 5.41) is 20.5. The van der Waals surface area contributed by atoms with Crippen molar-refractivity contribution in [2.45, 2.75) is 51.9 Å². The van der Waals surface area contributed by atoms with Gasteiger partial charge < -0.3 is 19.7 Å². The Morgan fingerprint density at radius 3 is 2.81 bits per heavy atom. The molecule has 6 nitrogen and oxygen atoms in total. The molecule has 2 aliphatic rings. The van der Waals surface area contributed by atoms with Gasteiger partial charge in [0.25, 0.3) is 0 Å². The molecule has 4 atom stereocenters. The monoisotopic (exact) mass is 362 g/mol. The lowest BCUT2D eigenvalue weighted by Gasteiger charge is -2.31. The average molecular weight is 362 g/mol. The van der Waals surface area contributed by atoms with Crippen LogP contribution in [0.15, 0.2) is 47.1 Å². The van der Waals surface area contributed by atoms with Crippen LogP contribution in [-0.2, 0) is 19.1 Å². The second-order valence-electron chi connectivity index (χ2n) is 6.70. The first-order valence-electron chi connectivity index (χ1n) is 8.69. The first-order valence-corrected chi connectivity index (χ1v) is 8.69. The molecule has 0 bridgehead atoms. The third-order valence-corrected chi connectivity index (χ3v) is 4.88. The Morgan fingerprint density at radius 2 is 2.19 bits per heavy atom. The van der Waals surface area contributed by atoms with Crippen LogP contribution < -0.4 is 0 Å². The number of esters is 2. The van der Waals surface area contributed by atoms with Crippen LogP contribution in [-0.4, -0.2) is 47.1 Å². The molecule has 0 aromatic carbocycles. The number of rotatable bonds is 3. The highest BCUT2D eigenvalue weighted by atomic mass is 16.6. The fourth-order valence-electron chi connectivity index (χ4n) is 3.14. The molecule has 1 aliphatic heterocycles. The Balaban J connectivity index is 2.50. The Hall–Kier alpha value is -2.18. The largest absolute Gasteiger partial charge is 0.455 e. The van der Waals surface area contributed by atoms with E-state index in [0.717, 1.165) is 5.57 Å². The molecule has 2 N–H and O–H groups in total. The fourth-order valence-corrected chi connectivity index (χ4v) is 3.14. The molecule has 2 rings (SSSR count). The Kier molecular flexibility index (Phi) is 6.56. The highest BCUT2D eigenvalue weighted by molar-refractivity contribution is 5.92. The molecule has 0 radical (unpaired) electrons. The third-order valence-electron chi connectivity index (χ3n) is 4.88. The van der Waals surface area contributed by atoms with Gasteiger partial charge in [-0.3, -0.25) is 0 Å². The van der Waals surface area contributed by atoms with Crippen molar-refractivity contribution in [2.24, 2.45) is 5.92 Å². The van der Waals surface area contributed by atoms with Gasteiger partial charge >= 0.3 is 11.9 Å². The van der Waals surface area contributed by atoms with E-state index in [9.17, 15) is 19.8 Å². The average Bonchev–Trinajstić information content (AvgIpc) is 2.88. The van der Waals surface area contributed by atoms with Crippen molar-refractivity contribution < 1.29 is 29.3 Å². The molecule has 26 heavy (non-hydrogen) atoms. The molecule has 142 valence electrons. The quantitative estimate of drug-likeness (QED) is 0.453. The summed E-state index contributed by atoms with van der Waals surface area (Å²) in [6.45, 7) is 8.62. The van der Waals surface area contributed by atoms with E-state index in [4.69, 9.17) is 9.47 Å². The van der Waals surface area contributed by atoms with Crippen LogP contribution in [0.1, 0.15) is 33.6 Å². The summed E-state index contributed by atoms with van der Waals surface area (Å²) in [5.41, 5.74) is 1.87. The zero-order chi connectivity index (χ0) is 19.4. The van der Waals surface area contributed by atoms with Gasteiger partial charge in [-0.25, -0.2) is 9.59 Å². The summed E-state index contributed by atoms with van der Waals surface area (Å²) < 4.78 is 10.9. The molecule has 0 spiro atoms. The van der Waals surface area contributed by atoms with Gasteiger partial charge in [0.2, 0.25) is 0 Å². The number of allylic oxidation sites excluding steroid dienone is 3. The highest BCUT2D eigenvalue weighted by Crippen LogP contribution is 2.36. The van der Waals surface area contributed by atoms with Gasteiger partial charge in [-0.1, -0.05) is 24.3 Å². The maximum absolute atomic E-state index is 12.3. The van der Waals surface area contributed by atoms with Gasteiger partial charge in [-0.15, -0.1) is 0 Å². The summed E-state index contributed by atoms with van der Waals surface area (Å²) in [7, 11) is 0.